The zero-order valence-electron chi connectivity index (χ0n) is 11.1. The lowest BCUT2D eigenvalue weighted by Gasteiger charge is -2.39. The van der Waals surface area contributed by atoms with Gasteiger partial charge < -0.3 is 5.32 Å². The largest absolute Gasteiger partial charge is 0.382 e. The second kappa shape index (κ2) is 4.60. The van der Waals surface area contributed by atoms with Crippen molar-refractivity contribution in [1.29, 1.82) is 0 Å². The molecule has 0 unspecified atom stereocenters. The van der Waals surface area contributed by atoms with Gasteiger partial charge in [-0.2, -0.15) is 0 Å². The number of nitrogens with zero attached hydrogens (tertiary/aromatic N) is 1. The van der Waals surface area contributed by atoms with Crippen molar-refractivity contribution in [3.63, 3.8) is 0 Å². The van der Waals surface area contributed by atoms with E-state index < -0.39 is 0 Å². The first-order valence-corrected chi connectivity index (χ1v) is 6.84. The van der Waals surface area contributed by atoms with Gasteiger partial charge in [-0.15, -0.1) is 0 Å². The maximum Gasteiger partial charge on any atom is 0.0722 e. The lowest BCUT2D eigenvalue weighted by molar-refractivity contribution is 0.212. The van der Waals surface area contributed by atoms with Crippen molar-refractivity contribution in [3.05, 3.63) is 36.5 Å². The molecule has 0 bridgehead atoms. The molecular weight excluding hydrogens is 220 g/mol. The van der Waals surface area contributed by atoms with E-state index in [9.17, 15) is 0 Å². The molecule has 1 heterocycles. The minimum Gasteiger partial charge on any atom is -0.382 e. The molecule has 0 saturated heterocycles. The maximum atomic E-state index is 4.40. The average Bonchev–Trinajstić information content (AvgIpc) is 2.33. The van der Waals surface area contributed by atoms with Crippen molar-refractivity contribution in [3.8, 4) is 0 Å². The summed E-state index contributed by atoms with van der Waals surface area (Å²) in [4.78, 5) is 4.40. The lowest BCUT2D eigenvalue weighted by Crippen LogP contribution is -2.37. The van der Waals surface area contributed by atoms with Gasteiger partial charge in [0.25, 0.3) is 0 Å². The molecule has 1 aromatic carbocycles. The second-order valence-electron chi connectivity index (χ2n) is 5.69. The molecule has 0 radical (unpaired) electrons. The van der Waals surface area contributed by atoms with Crippen LogP contribution in [0.5, 0.6) is 0 Å². The van der Waals surface area contributed by atoms with Gasteiger partial charge in [0.15, 0.2) is 0 Å². The van der Waals surface area contributed by atoms with Crippen molar-refractivity contribution < 1.29 is 0 Å². The number of anilines is 1. The molecule has 3 rings (SSSR count). The summed E-state index contributed by atoms with van der Waals surface area (Å²) in [6, 6.07) is 11.1. The fourth-order valence-corrected chi connectivity index (χ4v) is 2.77. The molecule has 0 spiro atoms. The van der Waals surface area contributed by atoms with Crippen molar-refractivity contribution >= 4 is 16.6 Å². The minimum atomic E-state index is 0.642. The Bertz CT molecular complexity index is 536. The first kappa shape index (κ1) is 11.5. The summed E-state index contributed by atoms with van der Waals surface area (Å²) in [5.41, 5.74) is 2.30. The number of benzene rings is 1. The fraction of sp³-hybridized carbons (Fsp3) is 0.438. The van der Waals surface area contributed by atoms with Crippen LogP contribution < -0.4 is 5.32 Å². The van der Waals surface area contributed by atoms with Crippen LogP contribution in [0.3, 0.4) is 0 Å². The highest BCUT2D eigenvalue weighted by molar-refractivity contribution is 5.91. The van der Waals surface area contributed by atoms with Crippen LogP contribution in [0.2, 0.25) is 0 Å². The molecule has 0 atom stereocenters. The third-order valence-corrected chi connectivity index (χ3v) is 4.12. The van der Waals surface area contributed by atoms with E-state index in [0.717, 1.165) is 17.4 Å². The quantitative estimate of drug-likeness (QED) is 0.874. The molecule has 1 aromatic heterocycles. The van der Waals surface area contributed by atoms with Crippen LogP contribution in [0.1, 0.15) is 26.7 Å². The molecule has 1 aliphatic carbocycles. The van der Waals surface area contributed by atoms with E-state index in [-0.39, 0.29) is 0 Å². The molecule has 1 saturated carbocycles. The molecule has 1 N–H and O–H groups in total. The lowest BCUT2D eigenvalue weighted by atomic mass is 9.73. The second-order valence-corrected chi connectivity index (χ2v) is 5.69. The van der Waals surface area contributed by atoms with Gasteiger partial charge in [0, 0.05) is 23.3 Å². The van der Waals surface area contributed by atoms with E-state index in [4.69, 9.17) is 0 Å². The summed E-state index contributed by atoms with van der Waals surface area (Å²) < 4.78 is 0. The van der Waals surface area contributed by atoms with Crippen molar-refractivity contribution in [2.45, 2.75) is 32.7 Å². The number of pyridine rings is 1. The predicted molar refractivity (Wildman–Crippen MR) is 76.7 cm³/mol. The number of fused-ring (bicyclic) bond motifs is 1. The van der Waals surface area contributed by atoms with Crippen LogP contribution in [0.4, 0.5) is 5.69 Å². The maximum absolute atomic E-state index is 4.40. The van der Waals surface area contributed by atoms with Gasteiger partial charge in [-0.25, -0.2) is 0 Å². The summed E-state index contributed by atoms with van der Waals surface area (Å²) in [6.45, 7) is 4.64. The Morgan fingerprint density at radius 2 is 2.00 bits per heavy atom. The highest BCUT2D eigenvalue weighted by Gasteiger charge is 2.31. The molecule has 2 aromatic rings. The molecule has 0 amide bonds. The topological polar surface area (TPSA) is 24.9 Å². The first-order chi connectivity index (χ1) is 8.74. The summed E-state index contributed by atoms with van der Waals surface area (Å²) in [5, 5.41) is 4.90. The van der Waals surface area contributed by atoms with Crippen molar-refractivity contribution in [1.82, 2.24) is 4.98 Å². The van der Waals surface area contributed by atoms with E-state index in [1.54, 1.807) is 0 Å². The normalized spacial score (nSPS) is 23.1. The van der Waals surface area contributed by atoms with Crippen molar-refractivity contribution in [2.24, 2.45) is 11.8 Å². The van der Waals surface area contributed by atoms with E-state index in [1.165, 1.54) is 23.9 Å². The Labute approximate surface area is 108 Å². The Balaban J connectivity index is 1.76. The Hall–Kier alpha value is -1.57. The van der Waals surface area contributed by atoms with Crippen LogP contribution in [0.25, 0.3) is 10.9 Å². The molecule has 1 fully saturated rings. The molecular formula is C16H20N2. The summed E-state index contributed by atoms with van der Waals surface area (Å²) in [5.74, 6) is 1.72. The van der Waals surface area contributed by atoms with Crippen LogP contribution in [-0.2, 0) is 0 Å². The first-order valence-electron chi connectivity index (χ1n) is 6.84. The summed E-state index contributed by atoms with van der Waals surface area (Å²) in [6.07, 6.45) is 4.45. The zero-order valence-corrected chi connectivity index (χ0v) is 11.1. The van der Waals surface area contributed by atoms with Gasteiger partial charge in [0.1, 0.15) is 0 Å². The van der Waals surface area contributed by atoms with E-state index in [0.29, 0.717) is 6.04 Å². The van der Waals surface area contributed by atoms with E-state index in [1.807, 2.05) is 12.3 Å². The molecule has 94 valence electrons. The molecule has 2 heteroatoms. The Morgan fingerprint density at radius 1 is 1.17 bits per heavy atom. The highest BCUT2D eigenvalue weighted by Crippen LogP contribution is 2.36. The Morgan fingerprint density at radius 3 is 2.78 bits per heavy atom. The number of aromatic nitrogens is 1. The predicted octanol–water partition coefficient (Wildman–Crippen LogP) is 4.08. The average molecular weight is 240 g/mol. The third kappa shape index (κ3) is 2.07. The van der Waals surface area contributed by atoms with Crippen molar-refractivity contribution in [2.75, 3.05) is 5.32 Å². The molecule has 2 nitrogen and oxygen atoms in total. The third-order valence-electron chi connectivity index (χ3n) is 4.12. The highest BCUT2D eigenvalue weighted by atomic mass is 14.9. The van der Waals surface area contributed by atoms with Crippen LogP contribution in [0.15, 0.2) is 36.5 Å². The smallest absolute Gasteiger partial charge is 0.0722 e. The van der Waals surface area contributed by atoms with E-state index >= 15 is 0 Å². The van der Waals surface area contributed by atoms with Crippen LogP contribution in [0, 0.1) is 11.8 Å². The minimum absolute atomic E-state index is 0.642. The van der Waals surface area contributed by atoms with Crippen LogP contribution >= 0.6 is 0 Å². The summed E-state index contributed by atoms with van der Waals surface area (Å²) in [7, 11) is 0. The molecule has 0 aliphatic heterocycles. The van der Waals surface area contributed by atoms with Gasteiger partial charge >= 0.3 is 0 Å². The number of hydrogen-bond acceptors (Lipinski definition) is 2. The monoisotopic (exact) mass is 240 g/mol. The zero-order chi connectivity index (χ0) is 12.5. The van der Waals surface area contributed by atoms with Gasteiger partial charge in [-0.3, -0.25) is 4.98 Å². The standard InChI is InChI=1S/C16H20N2/c1-11(2)12-9-13(10-12)18-16-7-3-6-15-14(16)5-4-8-17-15/h3-8,11-13,18H,9-10H2,1-2H3. The van der Waals surface area contributed by atoms with Gasteiger partial charge in [-0.1, -0.05) is 19.9 Å². The Kier molecular flexibility index (Phi) is 2.94. The van der Waals surface area contributed by atoms with Gasteiger partial charge in [0.2, 0.25) is 0 Å². The number of hydrogen-bond donors (Lipinski definition) is 1. The number of nitrogens with one attached hydrogen (secondary N) is 1. The van der Waals surface area contributed by atoms with Gasteiger partial charge in [-0.05, 0) is 48.9 Å². The number of rotatable bonds is 3. The summed E-state index contributed by atoms with van der Waals surface area (Å²) >= 11 is 0. The molecule has 18 heavy (non-hydrogen) atoms. The fourth-order valence-electron chi connectivity index (χ4n) is 2.77. The molecule has 1 aliphatic rings. The van der Waals surface area contributed by atoms with Crippen LogP contribution in [-0.4, -0.2) is 11.0 Å². The van der Waals surface area contributed by atoms with E-state index in [2.05, 4.69) is 48.4 Å². The SMILES string of the molecule is CC(C)C1CC(Nc2cccc3ncccc23)C1. The van der Waals surface area contributed by atoms with Gasteiger partial charge in [0.05, 0.1) is 5.52 Å².